The molecule has 3 rings (SSSR count). The van der Waals surface area contributed by atoms with E-state index in [9.17, 15) is 5.11 Å². The number of aryl methyl sites for hydroxylation is 1. The third-order valence-electron chi connectivity index (χ3n) is 4.13. The summed E-state index contributed by atoms with van der Waals surface area (Å²) in [4.78, 5) is 1.37. The van der Waals surface area contributed by atoms with Crippen LogP contribution >= 0.6 is 11.8 Å². The molecule has 1 fully saturated rings. The van der Waals surface area contributed by atoms with E-state index in [1.54, 1.807) is 11.8 Å². The third-order valence-corrected chi connectivity index (χ3v) is 5.20. The number of quaternary nitrogens is 1. The zero-order valence-electron chi connectivity index (χ0n) is 14.5. The second-order valence-corrected chi connectivity index (χ2v) is 7.07. The zero-order valence-corrected chi connectivity index (χ0v) is 15.3. The summed E-state index contributed by atoms with van der Waals surface area (Å²) >= 11 is 1.45. The molecule has 2 N–H and O–H groups in total. The van der Waals surface area contributed by atoms with Gasteiger partial charge in [-0.3, -0.25) is 0 Å². The number of tetrazole rings is 1. The van der Waals surface area contributed by atoms with Gasteiger partial charge in [0.1, 0.15) is 37.2 Å². The molecular weight excluding hydrogens is 342 g/mol. The molecule has 1 aromatic heterocycles. The Balaban J connectivity index is 1.65. The average molecular weight is 366 g/mol. The van der Waals surface area contributed by atoms with Crippen molar-refractivity contribution in [3.8, 4) is 11.4 Å². The van der Waals surface area contributed by atoms with Gasteiger partial charge in [0.2, 0.25) is 5.16 Å². The fourth-order valence-corrected chi connectivity index (χ4v) is 3.62. The number of nitrogens with one attached hydrogen (secondary N) is 1. The standard InChI is InChI=1S/C16H23N5O3S/c1-12-3-4-15(23-2)14(9-12)21-16(17-18-19-21)25-11-13(22)10-20-5-7-24-8-6-20/h3-4,9,13,22H,5-8,10-11H2,1-2H3/p+1/t13-/m0/s1. The van der Waals surface area contributed by atoms with Gasteiger partial charge < -0.3 is 19.5 Å². The number of rotatable bonds is 7. The van der Waals surface area contributed by atoms with E-state index in [4.69, 9.17) is 9.47 Å². The highest BCUT2D eigenvalue weighted by Crippen LogP contribution is 2.27. The molecule has 136 valence electrons. The lowest BCUT2D eigenvalue weighted by atomic mass is 10.2. The first-order valence-corrected chi connectivity index (χ1v) is 9.31. The minimum absolute atomic E-state index is 0.414. The largest absolute Gasteiger partial charge is 0.494 e. The zero-order chi connectivity index (χ0) is 17.6. The molecule has 0 radical (unpaired) electrons. The number of morpholine rings is 1. The van der Waals surface area contributed by atoms with Crippen molar-refractivity contribution >= 4 is 11.8 Å². The first kappa shape index (κ1) is 18.1. The fourth-order valence-electron chi connectivity index (χ4n) is 2.81. The number of nitrogens with zero attached hydrogens (tertiary/aromatic N) is 4. The fraction of sp³-hybridized carbons (Fsp3) is 0.562. The van der Waals surface area contributed by atoms with Crippen molar-refractivity contribution in [1.29, 1.82) is 0 Å². The van der Waals surface area contributed by atoms with Crippen LogP contribution in [-0.2, 0) is 4.74 Å². The van der Waals surface area contributed by atoms with E-state index >= 15 is 0 Å². The number of hydrogen-bond acceptors (Lipinski definition) is 7. The average Bonchev–Trinajstić information content (AvgIpc) is 3.09. The molecule has 0 bridgehead atoms. The summed E-state index contributed by atoms with van der Waals surface area (Å²) in [6.07, 6.45) is -0.414. The first-order valence-electron chi connectivity index (χ1n) is 8.33. The molecule has 1 aliphatic heterocycles. The van der Waals surface area contributed by atoms with Crippen molar-refractivity contribution in [3.05, 3.63) is 23.8 Å². The Morgan fingerprint density at radius 3 is 2.96 bits per heavy atom. The van der Waals surface area contributed by atoms with Gasteiger partial charge in [0.05, 0.1) is 20.3 Å². The summed E-state index contributed by atoms with van der Waals surface area (Å²) in [6, 6.07) is 5.86. The second-order valence-electron chi connectivity index (χ2n) is 6.08. The molecule has 2 heterocycles. The SMILES string of the molecule is COc1ccc(C)cc1-n1nnnc1SC[C@@H](O)C[NH+]1CCOCC1. The minimum atomic E-state index is -0.414. The minimum Gasteiger partial charge on any atom is -0.494 e. The van der Waals surface area contributed by atoms with Gasteiger partial charge in [-0.15, -0.1) is 5.10 Å². The summed E-state index contributed by atoms with van der Waals surface area (Å²) in [5.74, 6) is 1.25. The quantitative estimate of drug-likeness (QED) is 0.630. The van der Waals surface area contributed by atoms with Gasteiger partial charge in [0.25, 0.3) is 0 Å². The van der Waals surface area contributed by atoms with Crippen LogP contribution in [-0.4, -0.2) is 77.1 Å². The van der Waals surface area contributed by atoms with Gasteiger partial charge in [0.15, 0.2) is 0 Å². The Morgan fingerprint density at radius 2 is 2.20 bits per heavy atom. The van der Waals surface area contributed by atoms with E-state index in [2.05, 4.69) is 15.5 Å². The van der Waals surface area contributed by atoms with Crippen LogP contribution in [0, 0.1) is 6.92 Å². The van der Waals surface area contributed by atoms with Crippen molar-refractivity contribution in [2.24, 2.45) is 0 Å². The smallest absolute Gasteiger partial charge is 0.214 e. The Kier molecular flexibility index (Phi) is 6.24. The molecule has 1 atom stereocenters. The predicted molar refractivity (Wildman–Crippen MR) is 93.6 cm³/mol. The molecule has 0 saturated carbocycles. The molecule has 9 heteroatoms. The van der Waals surface area contributed by atoms with Gasteiger partial charge in [0, 0.05) is 5.75 Å². The van der Waals surface area contributed by atoms with E-state index in [0.29, 0.717) is 23.2 Å². The van der Waals surface area contributed by atoms with Crippen LogP contribution in [0.15, 0.2) is 23.4 Å². The van der Waals surface area contributed by atoms with E-state index in [0.717, 1.165) is 37.6 Å². The molecule has 0 aliphatic carbocycles. The molecule has 1 saturated heterocycles. The Morgan fingerprint density at radius 1 is 1.40 bits per heavy atom. The molecule has 1 aromatic carbocycles. The van der Waals surface area contributed by atoms with E-state index < -0.39 is 6.10 Å². The highest BCUT2D eigenvalue weighted by Gasteiger charge is 2.20. The topological polar surface area (TPSA) is 86.7 Å². The third kappa shape index (κ3) is 4.69. The normalized spacial score (nSPS) is 16.8. The first-order chi connectivity index (χ1) is 12.2. The summed E-state index contributed by atoms with van der Waals surface area (Å²) < 4.78 is 12.4. The number of hydrogen-bond donors (Lipinski definition) is 2. The molecule has 0 spiro atoms. The summed E-state index contributed by atoms with van der Waals surface area (Å²) in [7, 11) is 1.63. The molecule has 1 aliphatic rings. The van der Waals surface area contributed by atoms with Crippen LogP contribution in [0.1, 0.15) is 5.56 Å². The highest BCUT2D eigenvalue weighted by molar-refractivity contribution is 7.99. The highest BCUT2D eigenvalue weighted by atomic mass is 32.2. The van der Waals surface area contributed by atoms with Crippen molar-refractivity contribution in [1.82, 2.24) is 20.2 Å². The molecule has 2 aromatic rings. The lowest BCUT2D eigenvalue weighted by Crippen LogP contribution is -3.15. The molecule has 25 heavy (non-hydrogen) atoms. The molecule has 0 unspecified atom stereocenters. The molecule has 8 nitrogen and oxygen atoms in total. The molecular formula is C16H24N5O3S+. The predicted octanol–water partition coefficient (Wildman–Crippen LogP) is -0.653. The van der Waals surface area contributed by atoms with Crippen LogP contribution in [0.3, 0.4) is 0 Å². The second kappa shape index (κ2) is 8.61. The maximum Gasteiger partial charge on any atom is 0.214 e. The van der Waals surface area contributed by atoms with Gasteiger partial charge >= 0.3 is 0 Å². The summed E-state index contributed by atoms with van der Waals surface area (Å²) in [5, 5.41) is 22.9. The van der Waals surface area contributed by atoms with E-state index in [1.807, 2.05) is 25.1 Å². The Bertz CT molecular complexity index is 690. The maximum atomic E-state index is 10.3. The number of ether oxygens (including phenoxy) is 2. The Labute approximate surface area is 151 Å². The molecule has 0 amide bonds. The van der Waals surface area contributed by atoms with Crippen molar-refractivity contribution in [3.63, 3.8) is 0 Å². The number of aliphatic hydroxyl groups is 1. The van der Waals surface area contributed by atoms with Crippen LogP contribution in [0.2, 0.25) is 0 Å². The number of benzene rings is 1. The lowest BCUT2D eigenvalue weighted by Gasteiger charge is -2.25. The van der Waals surface area contributed by atoms with Crippen LogP contribution in [0.5, 0.6) is 5.75 Å². The monoisotopic (exact) mass is 366 g/mol. The van der Waals surface area contributed by atoms with E-state index in [-0.39, 0.29) is 0 Å². The van der Waals surface area contributed by atoms with Crippen LogP contribution < -0.4 is 9.64 Å². The van der Waals surface area contributed by atoms with Gasteiger partial charge in [-0.2, -0.15) is 4.68 Å². The van der Waals surface area contributed by atoms with Crippen molar-refractivity contribution in [2.45, 2.75) is 18.2 Å². The lowest BCUT2D eigenvalue weighted by molar-refractivity contribution is -0.910. The summed E-state index contributed by atoms with van der Waals surface area (Å²) in [6.45, 7) is 6.14. The number of thioether (sulfide) groups is 1. The van der Waals surface area contributed by atoms with Gasteiger partial charge in [-0.1, -0.05) is 17.8 Å². The van der Waals surface area contributed by atoms with Crippen LogP contribution in [0.4, 0.5) is 0 Å². The van der Waals surface area contributed by atoms with Crippen LogP contribution in [0.25, 0.3) is 5.69 Å². The summed E-state index contributed by atoms with van der Waals surface area (Å²) in [5.41, 5.74) is 1.89. The van der Waals surface area contributed by atoms with Gasteiger partial charge in [-0.05, 0) is 35.0 Å². The number of methoxy groups -OCH3 is 1. The van der Waals surface area contributed by atoms with E-state index in [1.165, 1.54) is 16.7 Å². The van der Waals surface area contributed by atoms with Crippen molar-refractivity contribution in [2.75, 3.05) is 45.7 Å². The Hall–Kier alpha value is -1.68. The number of aliphatic hydroxyl groups excluding tert-OH is 1. The van der Waals surface area contributed by atoms with Crippen molar-refractivity contribution < 1.29 is 19.5 Å². The van der Waals surface area contributed by atoms with Gasteiger partial charge in [-0.25, -0.2) is 0 Å². The maximum absolute atomic E-state index is 10.3. The number of aromatic nitrogens is 4.